The minimum Gasteiger partial charge on any atom is -0.331 e. The normalized spacial score (nSPS) is 14.6. The first kappa shape index (κ1) is 30.9. The Balaban J connectivity index is 0.000000319. The second-order valence-electron chi connectivity index (χ2n) is 10.7. The number of benzene rings is 1. The molecule has 35 heavy (non-hydrogen) atoms. The predicted octanol–water partition coefficient (Wildman–Crippen LogP) is 9.63. The van der Waals surface area contributed by atoms with Gasteiger partial charge in [-0.1, -0.05) is 96.2 Å². The van der Waals surface area contributed by atoms with E-state index in [1.165, 1.54) is 66.5 Å². The molecule has 2 heteroatoms. The Kier molecular flexibility index (Phi) is 15.3. The highest BCUT2D eigenvalue weighted by Crippen LogP contribution is 2.31. The summed E-state index contributed by atoms with van der Waals surface area (Å²) < 4.78 is 0. The van der Waals surface area contributed by atoms with Gasteiger partial charge in [0.25, 0.3) is 0 Å². The van der Waals surface area contributed by atoms with Crippen LogP contribution in [0, 0.1) is 25.7 Å². The molecule has 1 aliphatic heterocycles. The standard InChI is InChI=1S/C17H28N2.C10H14.C6H12/c1-4-15(3)19(17-12-14(2)13-18-17)11-6-5-8-16-9-7-10-16;1-4-10-7-8(2)5-6-9(10)3;1-4-5-6(2)3/h12,16H,3-11,13H2,1-2H3;5-7H,4H2,1-3H3;4,6H,1,5H2,2-3H3. The molecule has 3 rings (SSSR count). The van der Waals surface area contributed by atoms with Crippen molar-refractivity contribution >= 4 is 5.84 Å². The predicted molar refractivity (Wildman–Crippen MR) is 158 cm³/mol. The van der Waals surface area contributed by atoms with Crippen molar-refractivity contribution in [3.63, 3.8) is 0 Å². The smallest absolute Gasteiger partial charge is 0.127 e. The fourth-order valence-electron chi connectivity index (χ4n) is 4.31. The van der Waals surface area contributed by atoms with E-state index in [1.54, 1.807) is 0 Å². The number of hydrogen-bond donors (Lipinski definition) is 0. The van der Waals surface area contributed by atoms with E-state index in [4.69, 9.17) is 0 Å². The summed E-state index contributed by atoms with van der Waals surface area (Å²) in [6, 6.07) is 6.61. The molecule has 1 heterocycles. The minimum atomic E-state index is 0.780. The van der Waals surface area contributed by atoms with E-state index in [9.17, 15) is 0 Å². The van der Waals surface area contributed by atoms with Crippen LogP contribution >= 0.6 is 0 Å². The van der Waals surface area contributed by atoms with Crippen LogP contribution in [0.5, 0.6) is 0 Å². The summed E-state index contributed by atoms with van der Waals surface area (Å²) in [6.07, 6.45) is 15.9. The number of amidine groups is 1. The highest BCUT2D eigenvalue weighted by atomic mass is 15.2. The molecule has 0 saturated heterocycles. The molecular formula is C33H54N2. The van der Waals surface area contributed by atoms with Gasteiger partial charge in [-0.15, -0.1) is 6.58 Å². The second-order valence-corrected chi connectivity index (χ2v) is 10.7. The van der Waals surface area contributed by atoms with Crippen LogP contribution < -0.4 is 0 Å². The van der Waals surface area contributed by atoms with E-state index in [0.717, 1.165) is 50.0 Å². The molecule has 196 valence electrons. The van der Waals surface area contributed by atoms with E-state index >= 15 is 0 Å². The third kappa shape index (κ3) is 12.4. The lowest BCUT2D eigenvalue weighted by Crippen LogP contribution is -2.29. The molecule has 0 bridgehead atoms. The first-order valence-corrected chi connectivity index (χ1v) is 14.1. The van der Waals surface area contributed by atoms with Gasteiger partial charge in [-0.2, -0.15) is 0 Å². The van der Waals surface area contributed by atoms with Crippen molar-refractivity contribution in [2.45, 2.75) is 106 Å². The average molecular weight is 479 g/mol. The number of rotatable bonds is 10. The Morgan fingerprint density at radius 1 is 1.14 bits per heavy atom. The molecule has 2 aliphatic rings. The fraction of sp³-hybridized carbons (Fsp3) is 0.606. The van der Waals surface area contributed by atoms with Gasteiger partial charge in [0, 0.05) is 12.2 Å². The number of nitrogens with zero attached hydrogens (tertiary/aromatic N) is 2. The lowest BCUT2D eigenvalue weighted by Gasteiger charge is -2.27. The van der Waals surface area contributed by atoms with Gasteiger partial charge in [0.05, 0.1) is 6.54 Å². The van der Waals surface area contributed by atoms with Crippen LogP contribution in [0.15, 0.2) is 59.8 Å². The lowest BCUT2D eigenvalue weighted by atomic mass is 9.82. The Labute approximate surface area is 218 Å². The largest absolute Gasteiger partial charge is 0.331 e. The SMILES string of the molecule is C=C(CC)N(CCCCC1CCC1)C1=NCC(C)=C1.C=CCC(C)C.CCc1cc(C)ccc1C. The topological polar surface area (TPSA) is 15.6 Å². The van der Waals surface area contributed by atoms with Crippen molar-refractivity contribution in [1.82, 2.24) is 4.90 Å². The molecule has 0 atom stereocenters. The summed E-state index contributed by atoms with van der Waals surface area (Å²) in [4.78, 5) is 6.95. The fourth-order valence-corrected chi connectivity index (χ4v) is 4.31. The molecule has 0 unspecified atom stereocenters. The van der Waals surface area contributed by atoms with Crippen LogP contribution in [-0.4, -0.2) is 23.8 Å². The van der Waals surface area contributed by atoms with E-state index in [-0.39, 0.29) is 0 Å². The van der Waals surface area contributed by atoms with Gasteiger partial charge in [0.2, 0.25) is 0 Å². The molecule has 0 amide bonds. The van der Waals surface area contributed by atoms with Gasteiger partial charge >= 0.3 is 0 Å². The van der Waals surface area contributed by atoms with Gasteiger partial charge in [-0.25, -0.2) is 0 Å². The van der Waals surface area contributed by atoms with E-state index in [2.05, 4.69) is 95.8 Å². The number of allylic oxidation sites excluding steroid dienone is 2. The molecule has 1 aliphatic carbocycles. The van der Waals surface area contributed by atoms with Gasteiger partial charge in [0.1, 0.15) is 5.84 Å². The second kappa shape index (κ2) is 17.4. The third-order valence-electron chi connectivity index (χ3n) is 6.92. The summed E-state index contributed by atoms with van der Waals surface area (Å²) in [5, 5.41) is 0. The van der Waals surface area contributed by atoms with Crippen molar-refractivity contribution in [3.05, 3.63) is 71.5 Å². The summed E-state index contributed by atoms with van der Waals surface area (Å²) in [5.41, 5.74) is 6.81. The molecule has 1 aromatic carbocycles. The number of aryl methyl sites for hydroxylation is 3. The Morgan fingerprint density at radius 3 is 2.29 bits per heavy atom. The quantitative estimate of drug-likeness (QED) is 0.241. The number of aliphatic imine (C=N–C) groups is 1. The summed E-state index contributed by atoms with van der Waals surface area (Å²) in [5.74, 6) is 2.95. The lowest BCUT2D eigenvalue weighted by molar-refractivity contribution is 0.284. The monoisotopic (exact) mass is 478 g/mol. The van der Waals surface area contributed by atoms with Gasteiger partial charge in [-0.3, -0.25) is 4.99 Å². The zero-order chi connectivity index (χ0) is 26.2. The maximum atomic E-state index is 4.62. The van der Waals surface area contributed by atoms with Crippen LogP contribution in [-0.2, 0) is 6.42 Å². The van der Waals surface area contributed by atoms with Crippen molar-refractivity contribution in [2.75, 3.05) is 13.1 Å². The van der Waals surface area contributed by atoms with Crippen LogP contribution in [0.25, 0.3) is 0 Å². The first-order valence-electron chi connectivity index (χ1n) is 14.1. The molecule has 0 N–H and O–H groups in total. The maximum Gasteiger partial charge on any atom is 0.127 e. The molecule has 0 radical (unpaired) electrons. The Morgan fingerprint density at radius 2 is 1.86 bits per heavy atom. The zero-order valence-corrected chi connectivity index (χ0v) is 24.1. The highest BCUT2D eigenvalue weighted by Gasteiger charge is 2.18. The van der Waals surface area contributed by atoms with Crippen molar-refractivity contribution in [2.24, 2.45) is 16.8 Å². The molecule has 0 spiro atoms. The van der Waals surface area contributed by atoms with Gasteiger partial charge in [-0.05, 0) is 81.1 Å². The van der Waals surface area contributed by atoms with Crippen molar-refractivity contribution in [3.8, 4) is 0 Å². The van der Waals surface area contributed by atoms with Gasteiger partial charge < -0.3 is 4.90 Å². The third-order valence-corrected chi connectivity index (χ3v) is 6.92. The van der Waals surface area contributed by atoms with E-state index < -0.39 is 0 Å². The maximum absolute atomic E-state index is 4.62. The molecule has 1 aromatic rings. The molecule has 2 nitrogen and oxygen atoms in total. The first-order chi connectivity index (χ1) is 16.7. The number of hydrogen-bond acceptors (Lipinski definition) is 2. The zero-order valence-electron chi connectivity index (χ0n) is 24.1. The summed E-state index contributed by atoms with van der Waals surface area (Å²) >= 11 is 0. The van der Waals surface area contributed by atoms with Crippen LogP contribution in [0.3, 0.4) is 0 Å². The molecular weight excluding hydrogens is 424 g/mol. The molecule has 1 fully saturated rings. The Bertz CT molecular complexity index is 824. The minimum absolute atomic E-state index is 0.780. The number of unbranched alkanes of at least 4 members (excludes halogenated alkanes) is 1. The van der Waals surface area contributed by atoms with Crippen LogP contribution in [0.2, 0.25) is 0 Å². The average Bonchev–Trinajstić information content (AvgIpc) is 3.22. The van der Waals surface area contributed by atoms with Crippen LogP contribution in [0.1, 0.15) is 103 Å². The molecule has 0 aromatic heterocycles. The summed E-state index contributed by atoms with van der Waals surface area (Å²) in [7, 11) is 0. The van der Waals surface area contributed by atoms with Crippen LogP contribution in [0.4, 0.5) is 0 Å². The van der Waals surface area contributed by atoms with Crippen molar-refractivity contribution < 1.29 is 0 Å². The Hall–Kier alpha value is -2.09. The van der Waals surface area contributed by atoms with E-state index in [0.29, 0.717) is 0 Å². The van der Waals surface area contributed by atoms with Gasteiger partial charge in [0.15, 0.2) is 0 Å². The highest BCUT2D eigenvalue weighted by molar-refractivity contribution is 5.96. The molecule has 1 saturated carbocycles. The van der Waals surface area contributed by atoms with Crippen molar-refractivity contribution in [1.29, 1.82) is 0 Å². The summed E-state index contributed by atoms with van der Waals surface area (Å²) in [6.45, 7) is 24.9. The van der Waals surface area contributed by atoms with E-state index in [1.807, 2.05) is 6.08 Å².